The fraction of sp³-hybridized carbons (Fsp3) is 0.176. The smallest absolute Gasteiger partial charge is 0.339 e. The van der Waals surface area contributed by atoms with E-state index in [4.69, 9.17) is 4.74 Å². The van der Waals surface area contributed by atoms with E-state index in [2.05, 4.69) is 15.0 Å². The van der Waals surface area contributed by atoms with Crippen molar-refractivity contribution in [1.29, 1.82) is 0 Å². The van der Waals surface area contributed by atoms with Gasteiger partial charge in [0.1, 0.15) is 5.57 Å². The Bertz CT molecular complexity index is 780. The number of methoxy groups -OCH3 is 1. The quantitative estimate of drug-likeness (QED) is 0.246. The van der Waals surface area contributed by atoms with Crippen molar-refractivity contribution in [3.63, 3.8) is 0 Å². The van der Waals surface area contributed by atoms with E-state index in [1.165, 1.54) is 36.9 Å². The van der Waals surface area contributed by atoms with Gasteiger partial charge >= 0.3 is 5.97 Å². The summed E-state index contributed by atoms with van der Waals surface area (Å²) in [4.78, 5) is 24.6. The molecular weight excluding hydrogens is 358 g/mol. The van der Waals surface area contributed by atoms with Gasteiger partial charge in [-0.25, -0.2) is 19.8 Å². The Labute approximate surface area is 154 Å². The molecule has 130 valence electrons. The third-order valence-corrected chi connectivity index (χ3v) is 4.71. The molecule has 0 saturated heterocycles. The SMILES string of the molecule is COC=C(C(=O)O)c1cccc(CSC=Nc2ncccn2)c1SC. The van der Waals surface area contributed by atoms with Gasteiger partial charge in [0.2, 0.25) is 5.95 Å². The van der Waals surface area contributed by atoms with Crippen molar-refractivity contribution in [2.24, 2.45) is 4.99 Å². The van der Waals surface area contributed by atoms with Gasteiger partial charge in [0.25, 0.3) is 0 Å². The molecule has 0 unspecified atom stereocenters. The van der Waals surface area contributed by atoms with Crippen LogP contribution >= 0.6 is 23.5 Å². The Morgan fingerprint density at radius 1 is 1.32 bits per heavy atom. The Balaban J connectivity index is 2.18. The molecule has 0 saturated carbocycles. The highest BCUT2D eigenvalue weighted by Gasteiger charge is 2.17. The Morgan fingerprint density at radius 2 is 2.08 bits per heavy atom. The van der Waals surface area contributed by atoms with E-state index in [1.54, 1.807) is 30.1 Å². The van der Waals surface area contributed by atoms with Crippen LogP contribution in [0.15, 0.2) is 52.8 Å². The van der Waals surface area contributed by atoms with E-state index >= 15 is 0 Å². The maximum absolute atomic E-state index is 11.5. The molecule has 1 N–H and O–H groups in total. The fourth-order valence-corrected chi connectivity index (χ4v) is 3.62. The van der Waals surface area contributed by atoms with Gasteiger partial charge in [0, 0.05) is 28.6 Å². The maximum atomic E-state index is 11.5. The number of rotatable bonds is 8. The number of nitrogens with zero attached hydrogens (tertiary/aromatic N) is 3. The van der Waals surface area contributed by atoms with Gasteiger partial charge in [0.05, 0.1) is 18.9 Å². The fourth-order valence-electron chi connectivity index (χ4n) is 2.07. The molecule has 0 fully saturated rings. The van der Waals surface area contributed by atoms with Gasteiger partial charge in [-0.05, 0) is 17.9 Å². The molecule has 2 rings (SSSR count). The van der Waals surface area contributed by atoms with Gasteiger partial charge in [0.15, 0.2) is 0 Å². The molecule has 6 nitrogen and oxygen atoms in total. The third-order valence-electron chi connectivity index (χ3n) is 3.09. The van der Waals surface area contributed by atoms with Gasteiger partial charge in [-0.1, -0.05) is 18.2 Å². The van der Waals surface area contributed by atoms with Crippen LogP contribution in [-0.4, -0.2) is 40.0 Å². The summed E-state index contributed by atoms with van der Waals surface area (Å²) in [5.74, 6) is 0.0371. The lowest BCUT2D eigenvalue weighted by Gasteiger charge is -2.12. The monoisotopic (exact) mass is 375 g/mol. The van der Waals surface area contributed by atoms with Gasteiger partial charge in [-0.2, -0.15) is 0 Å². The van der Waals surface area contributed by atoms with Crippen LogP contribution in [0.1, 0.15) is 11.1 Å². The highest BCUT2D eigenvalue weighted by Crippen LogP contribution is 2.32. The van der Waals surface area contributed by atoms with Gasteiger partial charge < -0.3 is 9.84 Å². The molecule has 1 heterocycles. The van der Waals surface area contributed by atoms with Crippen LogP contribution in [0.4, 0.5) is 5.95 Å². The number of thioether (sulfide) groups is 2. The maximum Gasteiger partial charge on any atom is 0.339 e. The molecule has 2 aromatic rings. The third kappa shape index (κ3) is 5.33. The summed E-state index contributed by atoms with van der Waals surface area (Å²) in [6.07, 6.45) is 6.44. The van der Waals surface area contributed by atoms with Crippen molar-refractivity contribution >= 4 is 46.6 Å². The van der Waals surface area contributed by atoms with E-state index < -0.39 is 5.97 Å². The summed E-state index contributed by atoms with van der Waals surface area (Å²) in [7, 11) is 1.43. The molecule has 1 aromatic carbocycles. The number of ether oxygens (including phenoxy) is 1. The first kappa shape index (κ1) is 19.0. The number of aliphatic imine (C=N–C) groups is 1. The highest BCUT2D eigenvalue weighted by molar-refractivity contribution is 8.11. The summed E-state index contributed by atoms with van der Waals surface area (Å²) in [6.45, 7) is 0. The number of aromatic nitrogens is 2. The second kappa shape index (κ2) is 9.85. The van der Waals surface area contributed by atoms with Crippen molar-refractivity contribution in [1.82, 2.24) is 9.97 Å². The molecule has 1 aromatic heterocycles. The first-order valence-corrected chi connectivity index (χ1v) is 9.48. The van der Waals surface area contributed by atoms with E-state index in [0.717, 1.165) is 10.5 Å². The first-order valence-electron chi connectivity index (χ1n) is 7.21. The topological polar surface area (TPSA) is 84.7 Å². The molecule has 0 aliphatic rings. The first-order chi connectivity index (χ1) is 12.2. The molecule has 0 aliphatic heterocycles. The lowest BCUT2D eigenvalue weighted by atomic mass is 10.0. The van der Waals surface area contributed by atoms with E-state index in [0.29, 0.717) is 17.3 Å². The minimum Gasteiger partial charge on any atom is -0.503 e. The normalized spacial score (nSPS) is 11.7. The summed E-state index contributed by atoms with van der Waals surface area (Å²) in [5.41, 5.74) is 3.49. The van der Waals surface area contributed by atoms with Crippen LogP contribution in [0.2, 0.25) is 0 Å². The number of carbonyl (C=O) groups is 1. The van der Waals surface area contributed by atoms with E-state index in [1.807, 2.05) is 18.4 Å². The molecule has 0 atom stereocenters. The number of carboxylic acids is 1. The van der Waals surface area contributed by atoms with Crippen LogP contribution in [0.25, 0.3) is 5.57 Å². The van der Waals surface area contributed by atoms with Crippen molar-refractivity contribution in [2.45, 2.75) is 10.6 Å². The number of carboxylic acid groups (broad SMARTS) is 1. The van der Waals surface area contributed by atoms with Crippen LogP contribution in [-0.2, 0) is 15.3 Å². The summed E-state index contributed by atoms with van der Waals surface area (Å²) >= 11 is 3.00. The van der Waals surface area contributed by atoms with Gasteiger partial charge in [-0.15, -0.1) is 23.5 Å². The zero-order chi connectivity index (χ0) is 18.1. The van der Waals surface area contributed by atoms with Crippen LogP contribution in [0.3, 0.4) is 0 Å². The second-order valence-electron chi connectivity index (χ2n) is 4.66. The zero-order valence-corrected chi connectivity index (χ0v) is 15.4. The zero-order valence-electron chi connectivity index (χ0n) is 13.7. The molecule has 0 spiro atoms. The predicted octanol–water partition coefficient (Wildman–Crippen LogP) is 3.86. The van der Waals surface area contributed by atoms with Crippen molar-refractivity contribution < 1.29 is 14.6 Å². The van der Waals surface area contributed by atoms with E-state index in [9.17, 15) is 9.90 Å². The van der Waals surface area contributed by atoms with Crippen molar-refractivity contribution in [3.05, 3.63) is 54.0 Å². The number of hydrogen-bond donors (Lipinski definition) is 1. The lowest BCUT2D eigenvalue weighted by Crippen LogP contribution is -2.03. The Morgan fingerprint density at radius 3 is 2.72 bits per heavy atom. The van der Waals surface area contributed by atoms with Gasteiger partial charge in [-0.3, -0.25) is 0 Å². The average molecular weight is 375 g/mol. The molecule has 0 amide bonds. The Kier molecular flexibility index (Phi) is 7.49. The average Bonchev–Trinajstić information content (AvgIpc) is 2.63. The minimum absolute atomic E-state index is 0.130. The molecular formula is C17H17N3O3S2. The van der Waals surface area contributed by atoms with Crippen molar-refractivity contribution in [2.75, 3.05) is 13.4 Å². The second-order valence-corrected chi connectivity index (χ2v) is 6.31. The lowest BCUT2D eigenvalue weighted by molar-refractivity contribution is -0.130. The molecule has 0 radical (unpaired) electrons. The summed E-state index contributed by atoms with van der Waals surface area (Å²) in [6, 6.07) is 7.33. The molecule has 8 heteroatoms. The van der Waals surface area contributed by atoms with Crippen molar-refractivity contribution in [3.8, 4) is 0 Å². The molecule has 0 bridgehead atoms. The number of aliphatic carboxylic acids is 1. The standard InChI is InChI=1S/C17H17N3O3S2/c1-23-9-14(16(21)22)13-6-3-5-12(15(13)24-2)10-25-11-20-17-18-7-4-8-19-17/h3-9,11H,10H2,1-2H3,(H,21,22). The van der Waals surface area contributed by atoms with Crippen LogP contribution in [0.5, 0.6) is 0 Å². The number of hydrogen-bond acceptors (Lipinski definition) is 7. The highest BCUT2D eigenvalue weighted by atomic mass is 32.2. The molecule has 25 heavy (non-hydrogen) atoms. The summed E-state index contributed by atoms with van der Waals surface area (Å²) in [5, 5.41) is 9.41. The van der Waals surface area contributed by atoms with E-state index in [-0.39, 0.29) is 5.57 Å². The summed E-state index contributed by atoms with van der Waals surface area (Å²) < 4.78 is 4.91. The van der Waals surface area contributed by atoms with Crippen LogP contribution < -0.4 is 0 Å². The van der Waals surface area contributed by atoms with Crippen LogP contribution in [0, 0.1) is 0 Å². The predicted molar refractivity (Wildman–Crippen MR) is 102 cm³/mol. The molecule has 0 aliphatic carbocycles. The minimum atomic E-state index is -1.02. The number of benzene rings is 1. The Hall–Kier alpha value is -2.32. The largest absolute Gasteiger partial charge is 0.503 e.